The number of anilines is 2. The van der Waals surface area contributed by atoms with Crippen molar-refractivity contribution in [3.8, 4) is 17.1 Å². The van der Waals surface area contributed by atoms with Gasteiger partial charge in [-0.15, -0.1) is 5.10 Å². The minimum Gasteiger partial charge on any atom is -0.493 e. The number of halogens is 4. The monoisotopic (exact) mass is 613 g/mol. The second kappa shape index (κ2) is 10.3. The lowest BCUT2D eigenvalue weighted by Gasteiger charge is -2.31. The van der Waals surface area contributed by atoms with Crippen LogP contribution >= 0.6 is 11.6 Å². The summed E-state index contributed by atoms with van der Waals surface area (Å²) >= 11 is 6.16. The van der Waals surface area contributed by atoms with E-state index in [0.717, 1.165) is 35.9 Å². The van der Waals surface area contributed by atoms with Crippen LogP contribution in [0.3, 0.4) is 0 Å². The van der Waals surface area contributed by atoms with Gasteiger partial charge in [0.05, 0.1) is 28.6 Å². The molecule has 0 bridgehead atoms. The van der Waals surface area contributed by atoms with Gasteiger partial charge in [-0.2, -0.15) is 22.7 Å². The smallest absolute Gasteiger partial charge is 0.416 e. The van der Waals surface area contributed by atoms with Crippen LogP contribution in [0.1, 0.15) is 42.1 Å². The lowest BCUT2D eigenvalue weighted by atomic mass is 10.0. The Hall–Kier alpha value is -4.10. The summed E-state index contributed by atoms with van der Waals surface area (Å²) in [6.45, 7) is 5.14. The summed E-state index contributed by atoms with van der Waals surface area (Å²) in [5, 5.41) is 10.4. The zero-order valence-electron chi connectivity index (χ0n) is 23.0. The number of amides is 1. The number of carbonyl (C=O) groups is 1. The maximum absolute atomic E-state index is 14.0. The highest BCUT2D eigenvalue weighted by Crippen LogP contribution is 2.42. The predicted molar refractivity (Wildman–Crippen MR) is 154 cm³/mol. The number of ether oxygens (including phenoxy) is 1. The number of benzene rings is 2. The molecular weight excluding hydrogens is 587 g/mol. The van der Waals surface area contributed by atoms with E-state index < -0.39 is 23.7 Å². The lowest BCUT2D eigenvalue weighted by molar-refractivity contribution is -0.137. The van der Waals surface area contributed by atoms with Crippen molar-refractivity contribution in [2.24, 2.45) is 0 Å². The second-order valence-electron chi connectivity index (χ2n) is 11.0. The van der Waals surface area contributed by atoms with Gasteiger partial charge in [0.15, 0.2) is 5.82 Å². The number of rotatable bonds is 4. The number of hydrogen-bond acceptors (Lipinski definition) is 7. The SMILES string of the molecule is C[C@H]1C[C@@H](C(=O)Nc2ccc(C(F)(F)F)cc2Cl)n2c1c(N1CCNCC1)c(=O)n1nc(-c3ccc4c(c3)CCO4)nc21. The molecule has 2 N–H and O–H groups in total. The van der Waals surface area contributed by atoms with E-state index in [1.807, 2.05) is 30.0 Å². The molecule has 0 spiro atoms. The summed E-state index contributed by atoms with van der Waals surface area (Å²) in [5.41, 5.74) is 1.73. The molecule has 0 unspecified atom stereocenters. The molecule has 3 aliphatic rings. The van der Waals surface area contributed by atoms with Gasteiger partial charge in [0.2, 0.25) is 11.7 Å². The van der Waals surface area contributed by atoms with Crippen LogP contribution in [-0.4, -0.2) is 57.9 Å². The van der Waals surface area contributed by atoms with Gasteiger partial charge >= 0.3 is 6.18 Å². The van der Waals surface area contributed by atoms with Crippen LogP contribution < -0.4 is 25.8 Å². The summed E-state index contributed by atoms with van der Waals surface area (Å²) in [7, 11) is 0. The van der Waals surface area contributed by atoms with E-state index in [0.29, 0.717) is 62.0 Å². The quantitative estimate of drug-likeness (QED) is 0.354. The van der Waals surface area contributed by atoms with Gasteiger partial charge in [-0.3, -0.25) is 14.2 Å². The molecule has 0 saturated carbocycles. The Morgan fingerprint density at radius 2 is 1.95 bits per heavy atom. The highest BCUT2D eigenvalue weighted by Gasteiger charge is 2.40. The Labute approximate surface area is 248 Å². The van der Waals surface area contributed by atoms with Gasteiger partial charge in [0.25, 0.3) is 5.56 Å². The molecule has 7 rings (SSSR count). The van der Waals surface area contributed by atoms with Crippen LogP contribution in [0.5, 0.6) is 5.75 Å². The van der Waals surface area contributed by atoms with Gasteiger partial charge < -0.3 is 20.3 Å². The van der Waals surface area contributed by atoms with Crippen molar-refractivity contribution in [3.05, 3.63) is 68.6 Å². The van der Waals surface area contributed by atoms with Crippen molar-refractivity contribution in [1.29, 1.82) is 0 Å². The molecule has 2 aromatic carbocycles. The maximum atomic E-state index is 14.0. The minimum atomic E-state index is -4.57. The van der Waals surface area contributed by atoms with Gasteiger partial charge in [-0.05, 0) is 48.4 Å². The average Bonchev–Trinajstić information content (AvgIpc) is 3.71. The Kier molecular flexibility index (Phi) is 6.62. The van der Waals surface area contributed by atoms with Crippen LogP contribution in [0.4, 0.5) is 24.5 Å². The third-order valence-corrected chi connectivity index (χ3v) is 8.61. The normalized spacial score (nSPS) is 19.8. The maximum Gasteiger partial charge on any atom is 0.416 e. The van der Waals surface area contributed by atoms with E-state index in [1.54, 1.807) is 4.57 Å². The van der Waals surface area contributed by atoms with E-state index in [1.165, 1.54) is 4.52 Å². The van der Waals surface area contributed by atoms with E-state index >= 15 is 0 Å². The first-order chi connectivity index (χ1) is 20.6. The number of alkyl halides is 3. The van der Waals surface area contributed by atoms with Crippen molar-refractivity contribution in [2.45, 2.75) is 37.9 Å². The Balaban J connectivity index is 1.35. The lowest BCUT2D eigenvalue weighted by Crippen LogP contribution is -2.46. The third-order valence-electron chi connectivity index (χ3n) is 8.30. The number of hydrogen-bond donors (Lipinski definition) is 2. The Morgan fingerprint density at radius 3 is 2.70 bits per heavy atom. The van der Waals surface area contributed by atoms with Gasteiger partial charge in [0, 0.05) is 44.1 Å². The zero-order valence-corrected chi connectivity index (χ0v) is 23.8. The van der Waals surface area contributed by atoms with Crippen LogP contribution in [0.2, 0.25) is 5.02 Å². The fourth-order valence-corrected chi connectivity index (χ4v) is 6.45. The molecule has 1 saturated heterocycles. The number of nitrogens with one attached hydrogen (secondary N) is 2. The number of nitrogens with zero attached hydrogens (tertiary/aromatic N) is 5. The molecule has 224 valence electrons. The second-order valence-corrected chi connectivity index (χ2v) is 11.5. The molecule has 1 fully saturated rings. The molecule has 2 aromatic heterocycles. The Morgan fingerprint density at radius 1 is 1.16 bits per heavy atom. The first kappa shape index (κ1) is 27.7. The highest BCUT2D eigenvalue weighted by atomic mass is 35.5. The highest BCUT2D eigenvalue weighted by molar-refractivity contribution is 6.33. The average molecular weight is 614 g/mol. The third kappa shape index (κ3) is 4.70. The van der Waals surface area contributed by atoms with E-state index in [2.05, 4.69) is 15.7 Å². The molecule has 3 aliphatic heterocycles. The van der Waals surface area contributed by atoms with Crippen molar-refractivity contribution in [2.75, 3.05) is 43.0 Å². The summed E-state index contributed by atoms with van der Waals surface area (Å²) in [4.78, 5) is 34.6. The summed E-state index contributed by atoms with van der Waals surface area (Å²) in [6, 6.07) is 7.62. The molecule has 10 nitrogen and oxygen atoms in total. The summed E-state index contributed by atoms with van der Waals surface area (Å²) in [5.74, 6) is 0.680. The van der Waals surface area contributed by atoms with Gasteiger partial charge in [-0.25, -0.2) is 0 Å². The van der Waals surface area contributed by atoms with Crippen molar-refractivity contribution < 1.29 is 22.7 Å². The van der Waals surface area contributed by atoms with Gasteiger partial charge in [-0.1, -0.05) is 18.5 Å². The molecule has 2 atom stereocenters. The van der Waals surface area contributed by atoms with Crippen molar-refractivity contribution in [1.82, 2.24) is 24.5 Å². The van der Waals surface area contributed by atoms with Crippen molar-refractivity contribution in [3.63, 3.8) is 0 Å². The molecule has 0 aliphatic carbocycles. The topological polar surface area (TPSA) is 106 Å². The van der Waals surface area contributed by atoms with Crippen molar-refractivity contribution >= 4 is 34.7 Å². The number of carbonyl (C=O) groups excluding carboxylic acids is 1. The molecule has 5 heterocycles. The fraction of sp³-hybridized carbons (Fsp3) is 0.379. The summed E-state index contributed by atoms with van der Waals surface area (Å²) < 4.78 is 48.2. The molecule has 14 heteroatoms. The number of piperazine rings is 1. The molecule has 1 amide bonds. The minimum absolute atomic E-state index is 0.0580. The zero-order chi connectivity index (χ0) is 30.0. The van der Waals surface area contributed by atoms with Gasteiger partial charge in [0.1, 0.15) is 17.5 Å². The number of aromatic nitrogens is 4. The predicted octanol–water partition coefficient (Wildman–Crippen LogP) is 4.26. The van der Waals surface area contributed by atoms with E-state index in [9.17, 15) is 22.8 Å². The van der Waals surface area contributed by atoms with Crippen LogP contribution in [0, 0.1) is 0 Å². The fourth-order valence-electron chi connectivity index (χ4n) is 6.22. The first-order valence-electron chi connectivity index (χ1n) is 14.0. The number of fused-ring (bicyclic) bond motifs is 4. The Bertz CT molecular complexity index is 1830. The molecule has 0 radical (unpaired) electrons. The standard InChI is InChI=1S/C29H27ClF3N7O3/c1-15-12-21(26(41)35-20-4-3-18(14-19(20)30)29(31,32)33)39-23(15)24(38-9-7-34-8-10-38)27(42)40-28(39)36-25(37-40)17-2-5-22-16(13-17)6-11-43-22/h2-5,13-15,21,34H,6-12H2,1H3,(H,35,41)/t15-,21-/m0/s1. The van der Waals surface area contributed by atoms with Crippen LogP contribution in [-0.2, 0) is 17.4 Å². The summed E-state index contributed by atoms with van der Waals surface area (Å²) in [6.07, 6.45) is -3.46. The molecule has 43 heavy (non-hydrogen) atoms. The largest absolute Gasteiger partial charge is 0.493 e. The molecular formula is C29H27ClF3N7O3. The van der Waals surface area contributed by atoms with E-state index in [4.69, 9.17) is 21.3 Å². The van der Waals surface area contributed by atoms with Crippen LogP contribution in [0.25, 0.3) is 17.2 Å². The van der Waals surface area contributed by atoms with E-state index in [-0.39, 0.29) is 28.0 Å². The first-order valence-corrected chi connectivity index (χ1v) is 14.4. The molecule has 4 aromatic rings. The van der Waals surface area contributed by atoms with Crippen LogP contribution in [0.15, 0.2) is 41.2 Å².